The molecule has 0 unspecified atom stereocenters. The van der Waals surface area contributed by atoms with E-state index < -0.39 is 0 Å². The first-order valence-electron chi connectivity index (χ1n) is 6.37. The normalized spacial score (nSPS) is 16.8. The highest BCUT2D eigenvalue weighted by molar-refractivity contribution is 6.35. The third-order valence-corrected chi connectivity index (χ3v) is 3.90. The van der Waals surface area contributed by atoms with Crippen LogP contribution in [-0.2, 0) is 0 Å². The molecule has 0 bridgehead atoms. The molecular formula is C14H17Cl2NO. The van der Waals surface area contributed by atoms with Gasteiger partial charge in [0.2, 0.25) is 0 Å². The van der Waals surface area contributed by atoms with Crippen molar-refractivity contribution in [2.45, 2.75) is 25.7 Å². The van der Waals surface area contributed by atoms with E-state index >= 15 is 0 Å². The number of Topliss-reactive ketones (excluding diaryl/α,β-unsaturated/α-hetero) is 1. The maximum absolute atomic E-state index is 12.1. The number of nitrogens with zero attached hydrogens (tertiary/aromatic N) is 1. The van der Waals surface area contributed by atoms with Crippen LogP contribution >= 0.6 is 23.2 Å². The molecule has 18 heavy (non-hydrogen) atoms. The van der Waals surface area contributed by atoms with Gasteiger partial charge in [-0.15, -0.1) is 0 Å². The van der Waals surface area contributed by atoms with E-state index in [-0.39, 0.29) is 5.78 Å². The Hall–Kier alpha value is -0.570. The molecular weight excluding hydrogens is 269 g/mol. The number of ketones is 1. The maximum atomic E-state index is 12.1. The van der Waals surface area contributed by atoms with Crippen molar-refractivity contribution in [3.05, 3.63) is 33.8 Å². The maximum Gasteiger partial charge on any atom is 0.165 e. The van der Waals surface area contributed by atoms with Gasteiger partial charge in [0.25, 0.3) is 0 Å². The van der Waals surface area contributed by atoms with Crippen LogP contribution in [0.15, 0.2) is 18.2 Å². The summed E-state index contributed by atoms with van der Waals surface area (Å²) in [5.41, 5.74) is 0.543. The number of carbonyl (C=O) groups is 1. The number of rotatable bonds is 4. The highest BCUT2D eigenvalue weighted by Gasteiger charge is 2.14. The van der Waals surface area contributed by atoms with Crippen molar-refractivity contribution in [2.75, 3.05) is 19.6 Å². The van der Waals surface area contributed by atoms with Gasteiger partial charge in [-0.05, 0) is 44.1 Å². The Morgan fingerprint density at radius 3 is 2.61 bits per heavy atom. The van der Waals surface area contributed by atoms with E-state index in [1.54, 1.807) is 18.2 Å². The highest BCUT2D eigenvalue weighted by atomic mass is 35.5. The monoisotopic (exact) mass is 285 g/mol. The summed E-state index contributed by atoms with van der Waals surface area (Å²) in [6.45, 7) is 3.04. The summed E-state index contributed by atoms with van der Waals surface area (Å²) in [4.78, 5) is 14.4. The largest absolute Gasteiger partial charge is 0.303 e. The third kappa shape index (κ3) is 3.71. The van der Waals surface area contributed by atoms with Crippen LogP contribution in [0.2, 0.25) is 10.0 Å². The van der Waals surface area contributed by atoms with Gasteiger partial charge in [0, 0.05) is 23.6 Å². The van der Waals surface area contributed by atoms with Gasteiger partial charge in [0.15, 0.2) is 5.78 Å². The summed E-state index contributed by atoms with van der Waals surface area (Å²) in [7, 11) is 0. The first-order valence-corrected chi connectivity index (χ1v) is 7.13. The second-order valence-corrected chi connectivity index (χ2v) is 5.54. The summed E-state index contributed by atoms with van der Waals surface area (Å²) in [6, 6.07) is 5.03. The number of piperidine rings is 1. The fourth-order valence-electron chi connectivity index (χ4n) is 2.29. The van der Waals surface area contributed by atoms with Crippen LogP contribution < -0.4 is 0 Å². The molecule has 1 heterocycles. The highest BCUT2D eigenvalue weighted by Crippen LogP contribution is 2.22. The van der Waals surface area contributed by atoms with Gasteiger partial charge in [-0.1, -0.05) is 29.6 Å². The van der Waals surface area contributed by atoms with Crippen LogP contribution in [0.4, 0.5) is 0 Å². The average molecular weight is 286 g/mol. The molecule has 0 radical (unpaired) electrons. The van der Waals surface area contributed by atoms with Crippen LogP contribution in [0, 0.1) is 0 Å². The lowest BCUT2D eigenvalue weighted by atomic mass is 10.1. The molecule has 0 amide bonds. The zero-order valence-corrected chi connectivity index (χ0v) is 11.8. The smallest absolute Gasteiger partial charge is 0.165 e. The molecule has 4 heteroatoms. The molecule has 2 nitrogen and oxygen atoms in total. The molecule has 1 aromatic rings. The Morgan fingerprint density at radius 2 is 1.89 bits per heavy atom. The van der Waals surface area contributed by atoms with E-state index in [1.165, 1.54) is 19.3 Å². The summed E-state index contributed by atoms with van der Waals surface area (Å²) in [6.07, 6.45) is 4.31. The molecule has 0 N–H and O–H groups in total. The van der Waals surface area contributed by atoms with Crippen LogP contribution in [0.3, 0.4) is 0 Å². The molecule has 1 aliphatic rings. The minimum absolute atomic E-state index is 0.0769. The predicted molar refractivity (Wildman–Crippen MR) is 75.7 cm³/mol. The molecule has 0 spiro atoms. The van der Waals surface area contributed by atoms with Crippen LogP contribution in [0.25, 0.3) is 0 Å². The number of halogens is 2. The molecule has 2 rings (SSSR count). The number of benzene rings is 1. The quantitative estimate of drug-likeness (QED) is 0.778. The minimum atomic E-state index is 0.0769. The second-order valence-electron chi connectivity index (χ2n) is 4.70. The van der Waals surface area contributed by atoms with Crippen molar-refractivity contribution in [2.24, 2.45) is 0 Å². The second kappa shape index (κ2) is 6.55. The Morgan fingerprint density at radius 1 is 1.17 bits per heavy atom. The van der Waals surface area contributed by atoms with E-state index in [2.05, 4.69) is 4.90 Å². The van der Waals surface area contributed by atoms with Crippen molar-refractivity contribution in [1.82, 2.24) is 4.90 Å². The summed E-state index contributed by atoms with van der Waals surface area (Å²) in [5.74, 6) is 0.0769. The molecule has 0 aromatic heterocycles. The first kappa shape index (κ1) is 13.9. The SMILES string of the molecule is O=C(CCN1CCCCC1)c1cc(Cl)ccc1Cl. The van der Waals surface area contributed by atoms with Gasteiger partial charge in [0.05, 0.1) is 5.02 Å². The minimum Gasteiger partial charge on any atom is -0.303 e. The fourth-order valence-corrected chi connectivity index (χ4v) is 2.68. The third-order valence-electron chi connectivity index (χ3n) is 3.33. The fraction of sp³-hybridized carbons (Fsp3) is 0.500. The molecule has 0 aliphatic carbocycles. The number of likely N-dealkylation sites (tertiary alicyclic amines) is 1. The van der Waals surface area contributed by atoms with Gasteiger partial charge in [-0.2, -0.15) is 0 Å². The predicted octanol–water partition coefficient (Wildman–Crippen LogP) is 4.05. The number of carbonyl (C=O) groups excluding carboxylic acids is 1. The van der Waals surface area contributed by atoms with Crippen LogP contribution in [-0.4, -0.2) is 30.3 Å². The Balaban J connectivity index is 1.92. The lowest BCUT2D eigenvalue weighted by Gasteiger charge is -2.25. The summed E-state index contributed by atoms with van der Waals surface area (Å²) >= 11 is 11.9. The Bertz CT molecular complexity index is 428. The van der Waals surface area contributed by atoms with E-state index in [9.17, 15) is 4.79 Å². The topological polar surface area (TPSA) is 20.3 Å². The molecule has 0 atom stereocenters. The van der Waals surface area contributed by atoms with Gasteiger partial charge in [0.1, 0.15) is 0 Å². The first-order chi connectivity index (χ1) is 8.66. The van der Waals surface area contributed by atoms with Crippen LogP contribution in [0.1, 0.15) is 36.0 Å². The van der Waals surface area contributed by atoms with Gasteiger partial charge < -0.3 is 4.90 Å². The Kier molecular flexibility index (Phi) is 5.04. The molecule has 1 aromatic carbocycles. The zero-order chi connectivity index (χ0) is 13.0. The van der Waals surface area contributed by atoms with E-state index in [0.29, 0.717) is 22.0 Å². The van der Waals surface area contributed by atoms with Crippen molar-refractivity contribution in [1.29, 1.82) is 0 Å². The van der Waals surface area contributed by atoms with Crippen molar-refractivity contribution in [3.63, 3.8) is 0 Å². The van der Waals surface area contributed by atoms with Gasteiger partial charge in [-0.3, -0.25) is 4.79 Å². The lowest BCUT2D eigenvalue weighted by Crippen LogP contribution is -2.31. The van der Waals surface area contributed by atoms with Crippen molar-refractivity contribution in [3.8, 4) is 0 Å². The molecule has 0 saturated carbocycles. The number of hydrogen-bond acceptors (Lipinski definition) is 2. The molecule has 1 aliphatic heterocycles. The van der Waals surface area contributed by atoms with Gasteiger partial charge >= 0.3 is 0 Å². The standard InChI is InChI=1S/C14H17Cl2NO/c15-11-4-5-13(16)12(10-11)14(18)6-9-17-7-2-1-3-8-17/h4-5,10H,1-3,6-9H2. The average Bonchev–Trinajstić information content (AvgIpc) is 2.40. The molecule has 1 fully saturated rings. The van der Waals surface area contributed by atoms with Crippen molar-refractivity contribution >= 4 is 29.0 Å². The zero-order valence-electron chi connectivity index (χ0n) is 10.3. The molecule has 1 saturated heterocycles. The number of hydrogen-bond donors (Lipinski definition) is 0. The van der Waals surface area contributed by atoms with E-state index in [4.69, 9.17) is 23.2 Å². The Labute approximate surface area is 118 Å². The molecule has 98 valence electrons. The van der Waals surface area contributed by atoms with Crippen molar-refractivity contribution < 1.29 is 4.79 Å². The van der Waals surface area contributed by atoms with E-state index in [0.717, 1.165) is 19.6 Å². The lowest BCUT2D eigenvalue weighted by molar-refractivity contribution is 0.0959. The van der Waals surface area contributed by atoms with E-state index in [1.807, 2.05) is 0 Å². The summed E-state index contributed by atoms with van der Waals surface area (Å²) < 4.78 is 0. The summed E-state index contributed by atoms with van der Waals surface area (Å²) in [5, 5.41) is 1.05. The van der Waals surface area contributed by atoms with Gasteiger partial charge in [-0.25, -0.2) is 0 Å². The van der Waals surface area contributed by atoms with Crippen LogP contribution in [0.5, 0.6) is 0 Å².